The molecule has 1 aliphatic rings. The lowest BCUT2D eigenvalue weighted by molar-refractivity contribution is 0.296. The number of methoxy groups -OCH3 is 1. The first-order valence-electron chi connectivity index (χ1n) is 7.82. The van der Waals surface area contributed by atoms with Crippen molar-refractivity contribution in [3.05, 3.63) is 29.3 Å². The van der Waals surface area contributed by atoms with Crippen molar-refractivity contribution in [2.24, 2.45) is 11.8 Å². The zero-order chi connectivity index (χ0) is 14.4. The molecule has 1 aromatic carbocycles. The lowest BCUT2D eigenvalue weighted by atomic mass is 9.83. The van der Waals surface area contributed by atoms with E-state index in [1.165, 1.54) is 49.7 Å². The molecule has 3 heteroatoms. The van der Waals surface area contributed by atoms with Gasteiger partial charge in [-0.1, -0.05) is 49.8 Å². The Hall–Kier alpha value is -1.06. The summed E-state index contributed by atoms with van der Waals surface area (Å²) in [5.41, 5.74) is 5.54. The Morgan fingerprint density at radius 2 is 2.05 bits per heavy atom. The minimum absolute atomic E-state index is 0.341. The summed E-state index contributed by atoms with van der Waals surface area (Å²) < 4.78 is 5.47. The highest BCUT2D eigenvalue weighted by Crippen LogP contribution is 2.29. The van der Waals surface area contributed by atoms with E-state index in [1.54, 1.807) is 7.11 Å². The Bertz CT molecular complexity index is 413. The van der Waals surface area contributed by atoms with Crippen LogP contribution in [-0.4, -0.2) is 13.2 Å². The van der Waals surface area contributed by atoms with E-state index >= 15 is 0 Å². The predicted octanol–water partition coefficient (Wildman–Crippen LogP) is 3.35. The van der Waals surface area contributed by atoms with Gasteiger partial charge in [0, 0.05) is 6.04 Å². The Balaban J connectivity index is 1.99. The van der Waals surface area contributed by atoms with Crippen LogP contribution in [0.4, 0.5) is 0 Å². The molecule has 0 saturated heterocycles. The second-order valence-electron chi connectivity index (χ2n) is 6.12. The van der Waals surface area contributed by atoms with Gasteiger partial charge >= 0.3 is 0 Å². The standard InChI is InChI=1S/C17H28N2O/c1-13-8-9-17(20-2)15(10-13)12-16(19-18)11-14-6-4-3-5-7-14/h8-10,14,16,19H,3-7,11-12,18H2,1-2H3. The zero-order valence-electron chi connectivity index (χ0n) is 12.8. The van der Waals surface area contributed by atoms with Gasteiger partial charge in [0.15, 0.2) is 0 Å². The van der Waals surface area contributed by atoms with Crippen molar-refractivity contribution in [2.75, 3.05) is 7.11 Å². The van der Waals surface area contributed by atoms with Crippen LogP contribution in [0.1, 0.15) is 49.7 Å². The number of hydrazine groups is 1. The summed E-state index contributed by atoms with van der Waals surface area (Å²) in [5.74, 6) is 7.58. The maximum absolute atomic E-state index is 5.78. The van der Waals surface area contributed by atoms with Gasteiger partial charge in [0.05, 0.1) is 7.11 Å². The van der Waals surface area contributed by atoms with E-state index in [4.69, 9.17) is 10.6 Å². The van der Waals surface area contributed by atoms with Crippen LogP contribution in [0.25, 0.3) is 0 Å². The first kappa shape index (κ1) is 15.3. The van der Waals surface area contributed by atoms with Crippen LogP contribution in [-0.2, 0) is 6.42 Å². The summed E-state index contributed by atoms with van der Waals surface area (Å²) in [7, 11) is 1.74. The van der Waals surface area contributed by atoms with Crippen molar-refractivity contribution < 1.29 is 4.74 Å². The summed E-state index contributed by atoms with van der Waals surface area (Å²) in [4.78, 5) is 0. The molecule has 112 valence electrons. The number of nitrogens with two attached hydrogens (primary N) is 1. The lowest BCUT2D eigenvalue weighted by Gasteiger charge is -2.26. The van der Waals surface area contributed by atoms with Crippen molar-refractivity contribution in [3.63, 3.8) is 0 Å². The number of aryl methyl sites for hydroxylation is 1. The molecule has 1 saturated carbocycles. The largest absolute Gasteiger partial charge is 0.496 e. The van der Waals surface area contributed by atoms with E-state index in [9.17, 15) is 0 Å². The maximum Gasteiger partial charge on any atom is 0.122 e. The van der Waals surface area contributed by atoms with Gasteiger partial charge in [-0.25, -0.2) is 0 Å². The molecule has 1 fully saturated rings. The summed E-state index contributed by atoms with van der Waals surface area (Å²) in [6.07, 6.45) is 9.02. The monoisotopic (exact) mass is 276 g/mol. The molecule has 0 spiro atoms. The van der Waals surface area contributed by atoms with Gasteiger partial charge in [-0.3, -0.25) is 11.3 Å². The van der Waals surface area contributed by atoms with Gasteiger partial charge in [-0.15, -0.1) is 0 Å². The number of benzene rings is 1. The van der Waals surface area contributed by atoms with E-state index in [-0.39, 0.29) is 0 Å². The third kappa shape index (κ3) is 4.22. The average molecular weight is 276 g/mol. The molecule has 0 aliphatic heterocycles. The first-order chi connectivity index (χ1) is 9.72. The highest BCUT2D eigenvalue weighted by molar-refractivity contribution is 5.37. The first-order valence-corrected chi connectivity index (χ1v) is 7.82. The molecule has 0 radical (unpaired) electrons. The smallest absolute Gasteiger partial charge is 0.122 e. The Morgan fingerprint density at radius 1 is 1.30 bits per heavy atom. The number of hydrogen-bond acceptors (Lipinski definition) is 3. The van der Waals surface area contributed by atoms with E-state index in [0.29, 0.717) is 6.04 Å². The van der Waals surface area contributed by atoms with Crippen LogP contribution in [0.5, 0.6) is 5.75 Å². The van der Waals surface area contributed by atoms with Crippen molar-refractivity contribution >= 4 is 0 Å². The Morgan fingerprint density at radius 3 is 2.70 bits per heavy atom. The van der Waals surface area contributed by atoms with Crippen LogP contribution in [0.2, 0.25) is 0 Å². The zero-order valence-corrected chi connectivity index (χ0v) is 12.8. The van der Waals surface area contributed by atoms with E-state index in [2.05, 4.69) is 30.5 Å². The third-order valence-corrected chi connectivity index (χ3v) is 4.48. The van der Waals surface area contributed by atoms with Crippen LogP contribution < -0.4 is 16.0 Å². The molecule has 0 bridgehead atoms. The SMILES string of the molecule is COc1ccc(C)cc1CC(CC1CCCCC1)NN. The van der Waals surface area contributed by atoms with Crippen LogP contribution >= 0.6 is 0 Å². The highest BCUT2D eigenvalue weighted by atomic mass is 16.5. The van der Waals surface area contributed by atoms with E-state index in [1.807, 2.05) is 0 Å². The quantitative estimate of drug-likeness (QED) is 0.619. The number of nitrogens with one attached hydrogen (secondary N) is 1. The second kappa shape index (κ2) is 7.65. The lowest BCUT2D eigenvalue weighted by Crippen LogP contribution is -2.38. The summed E-state index contributed by atoms with van der Waals surface area (Å²) in [6.45, 7) is 2.12. The van der Waals surface area contributed by atoms with Gasteiger partial charge in [0.1, 0.15) is 5.75 Å². The normalized spacial score (nSPS) is 17.9. The summed E-state index contributed by atoms with van der Waals surface area (Å²) in [6, 6.07) is 6.70. The van der Waals surface area contributed by atoms with Gasteiger partial charge in [-0.2, -0.15) is 0 Å². The van der Waals surface area contributed by atoms with Gasteiger partial charge < -0.3 is 4.74 Å². The van der Waals surface area contributed by atoms with Gasteiger partial charge in [0.2, 0.25) is 0 Å². The summed E-state index contributed by atoms with van der Waals surface area (Å²) in [5, 5.41) is 0. The van der Waals surface area contributed by atoms with Crippen molar-refractivity contribution in [2.45, 2.75) is 57.9 Å². The van der Waals surface area contributed by atoms with Crippen LogP contribution in [0, 0.1) is 12.8 Å². The van der Waals surface area contributed by atoms with Gasteiger partial charge in [0.25, 0.3) is 0 Å². The Kier molecular flexibility index (Phi) is 5.86. The van der Waals surface area contributed by atoms with Crippen molar-refractivity contribution in [1.29, 1.82) is 0 Å². The fraction of sp³-hybridized carbons (Fsp3) is 0.647. The predicted molar refractivity (Wildman–Crippen MR) is 83.7 cm³/mol. The number of rotatable bonds is 6. The Labute approximate surface area is 122 Å². The van der Waals surface area contributed by atoms with E-state index < -0.39 is 0 Å². The summed E-state index contributed by atoms with van der Waals surface area (Å²) >= 11 is 0. The minimum Gasteiger partial charge on any atom is -0.496 e. The molecule has 3 nitrogen and oxygen atoms in total. The van der Waals surface area contributed by atoms with Crippen LogP contribution in [0.15, 0.2) is 18.2 Å². The molecule has 1 unspecified atom stereocenters. The molecular formula is C17H28N2O. The molecular weight excluding hydrogens is 248 g/mol. The molecule has 20 heavy (non-hydrogen) atoms. The second-order valence-corrected chi connectivity index (χ2v) is 6.12. The molecule has 0 amide bonds. The molecule has 0 aromatic heterocycles. The fourth-order valence-electron chi connectivity index (χ4n) is 3.37. The molecule has 1 aliphatic carbocycles. The fourth-order valence-corrected chi connectivity index (χ4v) is 3.37. The minimum atomic E-state index is 0.341. The molecule has 1 aromatic rings. The topological polar surface area (TPSA) is 47.3 Å². The van der Waals surface area contributed by atoms with Crippen molar-refractivity contribution in [1.82, 2.24) is 5.43 Å². The molecule has 3 N–H and O–H groups in total. The highest BCUT2D eigenvalue weighted by Gasteiger charge is 2.19. The van der Waals surface area contributed by atoms with Crippen LogP contribution in [0.3, 0.4) is 0 Å². The molecule has 0 heterocycles. The third-order valence-electron chi connectivity index (χ3n) is 4.48. The number of ether oxygens (including phenoxy) is 1. The average Bonchev–Trinajstić information content (AvgIpc) is 2.48. The maximum atomic E-state index is 5.78. The van der Waals surface area contributed by atoms with E-state index in [0.717, 1.165) is 18.1 Å². The van der Waals surface area contributed by atoms with Crippen molar-refractivity contribution in [3.8, 4) is 5.75 Å². The number of hydrogen-bond donors (Lipinski definition) is 2. The van der Waals surface area contributed by atoms with Gasteiger partial charge in [-0.05, 0) is 37.3 Å². The molecule has 1 atom stereocenters. The molecule has 2 rings (SSSR count).